The monoisotopic (exact) mass is 243 g/mol. The van der Waals surface area contributed by atoms with E-state index in [0.29, 0.717) is 5.82 Å². The van der Waals surface area contributed by atoms with Gasteiger partial charge in [0.2, 0.25) is 5.91 Å². The SMILES string of the molecule is Cc1cnc(NCC(N)=O)c(Br)c1. The maximum absolute atomic E-state index is 10.5. The molecule has 0 aliphatic rings. The van der Waals surface area contributed by atoms with Crippen molar-refractivity contribution in [2.75, 3.05) is 11.9 Å². The molecule has 0 saturated heterocycles. The van der Waals surface area contributed by atoms with E-state index in [9.17, 15) is 4.79 Å². The van der Waals surface area contributed by atoms with Gasteiger partial charge in [0.25, 0.3) is 0 Å². The minimum Gasteiger partial charge on any atom is -0.368 e. The minimum absolute atomic E-state index is 0.0919. The van der Waals surface area contributed by atoms with Crippen molar-refractivity contribution in [2.45, 2.75) is 6.92 Å². The number of nitrogens with zero attached hydrogens (tertiary/aromatic N) is 1. The molecular weight excluding hydrogens is 234 g/mol. The second-order valence-electron chi connectivity index (χ2n) is 2.66. The minimum atomic E-state index is -0.408. The molecule has 4 nitrogen and oxygen atoms in total. The highest BCUT2D eigenvalue weighted by Gasteiger charge is 2.01. The first-order chi connectivity index (χ1) is 6.09. The number of rotatable bonds is 3. The summed E-state index contributed by atoms with van der Waals surface area (Å²) in [5.74, 6) is 0.221. The Morgan fingerprint density at radius 3 is 3.00 bits per heavy atom. The van der Waals surface area contributed by atoms with Gasteiger partial charge in [0, 0.05) is 6.20 Å². The number of amides is 1. The number of halogens is 1. The number of primary amides is 1. The summed E-state index contributed by atoms with van der Waals surface area (Å²) in [6.45, 7) is 2.03. The highest BCUT2D eigenvalue weighted by atomic mass is 79.9. The predicted octanol–water partition coefficient (Wildman–Crippen LogP) is 1.05. The Balaban J connectivity index is 2.72. The van der Waals surface area contributed by atoms with Gasteiger partial charge in [-0.1, -0.05) is 0 Å². The third-order valence-corrected chi connectivity index (χ3v) is 2.01. The molecule has 1 rings (SSSR count). The molecule has 0 radical (unpaired) electrons. The number of aryl methyl sites for hydroxylation is 1. The number of carbonyl (C=O) groups is 1. The average molecular weight is 244 g/mol. The normalized spacial score (nSPS) is 9.69. The van der Waals surface area contributed by atoms with Gasteiger partial charge >= 0.3 is 0 Å². The number of aromatic nitrogens is 1. The Morgan fingerprint density at radius 2 is 2.46 bits per heavy atom. The fourth-order valence-corrected chi connectivity index (χ4v) is 1.44. The molecule has 1 aromatic rings. The summed E-state index contributed by atoms with van der Waals surface area (Å²) < 4.78 is 0.828. The summed E-state index contributed by atoms with van der Waals surface area (Å²) >= 11 is 3.32. The van der Waals surface area contributed by atoms with E-state index < -0.39 is 5.91 Å². The first kappa shape index (κ1) is 9.98. The van der Waals surface area contributed by atoms with E-state index in [0.717, 1.165) is 10.0 Å². The Hall–Kier alpha value is -1.10. The highest BCUT2D eigenvalue weighted by Crippen LogP contribution is 2.19. The number of hydrogen-bond acceptors (Lipinski definition) is 3. The molecule has 1 aromatic heterocycles. The zero-order valence-electron chi connectivity index (χ0n) is 7.17. The Labute approximate surface area is 84.7 Å². The van der Waals surface area contributed by atoms with Gasteiger partial charge in [-0.2, -0.15) is 0 Å². The maximum Gasteiger partial charge on any atom is 0.236 e. The van der Waals surface area contributed by atoms with E-state index in [1.54, 1.807) is 6.20 Å². The van der Waals surface area contributed by atoms with Crippen LogP contribution in [0.5, 0.6) is 0 Å². The second-order valence-corrected chi connectivity index (χ2v) is 3.52. The van der Waals surface area contributed by atoms with Crippen LogP contribution in [0.25, 0.3) is 0 Å². The first-order valence-corrected chi connectivity index (χ1v) is 4.53. The van der Waals surface area contributed by atoms with Gasteiger partial charge in [-0.15, -0.1) is 0 Å². The van der Waals surface area contributed by atoms with Crippen LogP contribution in [-0.2, 0) is 4.79 Å². The number of nitrogens with one attached hydrogen (secondary N) is 1. The summed E-state index contributed by atoms with van der Waals surface area (Å²) in [7, 11) is 0. The zero-order chi connectivity index (χ0) is 9.84. The lowest BCUT2D eigenvalue weighted by atomic mass is 10.3. The summed E-state index contributed by atoms with van der Waals surface area (Å²) in [5.41, 5.74) is 6.03. The van der Waals surface area contributed by atoms with Crippen LogP contribution in [0.4, 0.5) is 5.82 Å². The molecule has 0 saturated carbocycles. The van der Waals surface area contributed by atoms with E-state index in [4.69, 9.17) is 5.73 Å². The summed E-state index contributed by atoms with van der Waals surface area (Å²) in [5, 5.41) is 2.81. The Morgan fingerprint density at radius 1 is 1.77 bits per heavy atom. The van der Waals surface area contributed by atoms with E-state index >= 15 is 0 Å². The Kier molecular flexibility index (Phi) is 3.25. The van der Waals surface area contributed by atoms with Crippen LogP contribution in [0.15, 0.2) is 16.7 Å². The maximum atomic E-state index is 10.5. The van der Waals surface area contributed by atoms with Crippen molar-refractivity contribution < 1.29 is 4.79 Å². The van der Waals surface area contributed by atoms with Crippen molar-refractivity contribution in [3.8, 4) is 0 Å². The van der Waals surface area contributed by atoms with Gasteiger partial charge in [-0.3, -0.25) is 4.79 Å². The van der Waals surface area contributed by atoms with Crippen LogP contribution >= 0.6 is 15.9 Å². The van der Waals surface area contributed by atoms with Gasteiger partial charge < -0.3 is 11.1 Å². The standard InChI is InChI=1S/C8H10BrN3O/c1-5-2-6(9)8(11-3-5)12-4-7(10)13/h2-3H,4H2,1H3,(H2,10,13)(H,11,12). The molecule has 3 N–H and O–H groups in total. The topological polar surface area (TPSA) is 68.0 Å². The predicted molar refractivity (Wildman–Crippen MR) is 54.4 cm³/mol. The van der Waals surface area contributed by atoms with Gasteiger partial charge in [0.05, 0.1) is 11.0 Å². The molecule has 13 heavy (non-hydrogen) atoms. The van der Waals surface area contributed by atoms with Crippen molar-refractivity contribution >= 4 is 27.7 Å². The van der Waals surface area contributed by atoms with Gasteiger partial charge in [-0.05, 0) is 34.5 Å². The van der Waals surface area contributed by atoms with E-state index in [2.05, 4.69) is 26.2 Å². The Bertz CT molecular complexity index is 327. The van der Waals surface area contributed by atoms with Crippen LogP contribution < -0.4 is 11.1 Å². The average Bonchev–Trinajstić information content (AvgIpc) is 2.02. The van der Waals surface area contributed by atoms with Gasteiger partial charge in [-0.25, -0.2) is 4.98 Å². The fourth-order valence-electron chi connectivity index (χ4n) is 0.834. The second kappa shape index (κ2) is 4.23. The number of pyridine rings is 1. The van der Waals surface area contributed by atoms with Crippen LogP contribution in [0.2, 0.25) is 0 Å². The molecule has 0 aliphatic heterocycles. The third-order valence-electron chi connectivity index (χ3n) is 1.41. The molecule has 0 bridgehead atoms. The van der Waals surface area contributed by atoms with Crippen molar-refractivity contribution in [3.05, 3.63) is 22.3 Å². The summed E-state index contributed by atoms with van der Waals surface area (Å²) in [6.07, 6.45) is 1.72. The molecule has 0 unspecified atom stereocenters. The van der Waals surface area contributed by atoms with Crippen LogP contribution in [0.1, 0.15) is 5.56 Å². The smallest absolute Gasteiger partial charge is 0.236 e. The van der Waals surface area contributed by atoms with Crippen molar-refractivity contribution in [2.24, 2.45) is 5.73 Å². The number of anilines is 1. The number of hydrogen-bond donors (Lipinski definition) is 2. The molecule has 5 heteroatoms. The van der Waals surface area contributed by atoms with E-state index in [1.807, 2.05) is 13.0 Å². The molecule has 0 aliphatic carbocycles. The van der Waals surface area contributed by atoms with Crippen LogP contribution in [-0.4, -0.2) is 17.4 Å². The van der Waals surface area contributed by atoms with Gasteiger partial charge in [0.15, 0.2) is 0 Å². The third kappa shape index (κ3) is 3.02. The van der Waals surface area contributed by atoms with Crippen molar-refractivity contribution in [1.82, 2.24) is 4.98 Å². The van der Waals surface area contributed by atoms with E-state index in [1.165, 1.54) is 0 Å². The lowest BCUT2D eigenvalue weighted by Gasteiger charge is -2.05. The summed E-state index contributed by atoms with van der Waals surface area (Å²) in [6, 6.07) is 1.91. The van der Waals surface area contributed by atoms with Crippen molar-refractivity contribution in [1.29, 1.82) is 0 Å². The van der Waals surface area contributed by atoms with Gasteiger partial charge in [0.1, 0.15) is 5.82 Å². The van der Waals surface area contributed by atoms with Crippen LogP contribution in [0, 0.1) is 6.92 Å². The molecule has 1 amide bonds. The zero-order valence-corrected chi connectivity index (χ0v) is 8.76. The lowest BCUT2D eigenvalue weighted by Crippen LogP contribution is -2.22. The molecule has 0 spiro atoms. The largest absolute Gasteiger partial charge is 0.368 e. The first-order valence-electron chi connectivity index (χ1n) is 3.74. The molecule has 0 aromatic carbocycles. The van der Waals surface area contributed by atoms with Crippen molar-refractivity contribution in [3.63, 3.8) is 0 Å². The molecule has 1 heterocycles. The summed E-state index contributed by atoms with van der Waals surface area (Å²) in [4.78, 5) is 14.6. The molecule has 0 fully saturated rings. The number of nitrogens with two attached hydrogens (primary N) is 1. The molecule has 0 atom stereocenters. The lowest BCUT2D eigenvalue weighted by molar-refractivity contribution is -0.116. The van der Waals surface area contributed by atoms with Crippen LogP contribution in [0.3, 0.4) is 0 Å². The van der Waals surface area contributed by atoms with E-state index in [-0.39, 0.29) is 6.54 Å². The molecular formula is C8H10BrN3O. The quantitative estimate of drug-likeness (QED) is 0.834. The molecule has 70 valence electrons. The number of carbonyl (C=O) groups excluding carboxylic acids is 1. The fraction of sp³-hybridized carbons (Fsp3) is 0.250. The highest BCUT2D eigenvalue weighted by molar-refractivity contribution is 9.10.